The smallest absolute Gasteiger partial charge is 0.112 e. The second-order valence-corrected chi connectivity index (χ2v) is 5.67. The number of pyridine rings is 2. The maximum Gasteiger partial charge on any atom is 0.112 e. The molecule has 0 saturated heterocycles. The molecule has 0 fully saturated rings. The van der Waals surface area contributed by atoms with Gasteiger partial charge in [-0.05, 0) is 39.2 Å². The van der Waals surface area contributed by atoms with E-state index < -0.39 is 0 Å². The van der Waals surface area contributed by atoms with E-state index in [0.717, 1.165) is 33.3 Å². The number of nitrogens with two attached hydrogens (primary N) is 1. The van der Waals surface area contributed by atoms with E-state index in [1.807, 2.05) is 24.3 Å². The van der Waals surface area contributed by atoms with Gasteiger partial charge in [0, 0.05) is 30.0 Å². The monoisotopic (exact) mass is 342 g/mol. The minimum absolute atomic E-state index is 0.557. The lowest BCUT2D eigenvalue weighted by Gasteiger charge is -2.09. The third-order valence-corrected chi connectivity index (χ3v) is 3.69. The van der Waals surface area contributed by atoms with Crippen LogP contribution >= 0.6 is 15.9 Å². The second-order valence-electron chi connectivity index (χ2n) is 4.76. The minimum Gasteiger partial charge on any atom is -0.379 e. The number of aromatic nitrogens is 2. The predicted octanol–water partition coefficient (Wildman–Crippen LogP) is 3.46. The average molecular weight is 343 g/mol. The molecule has 0 amide bonds. The Morgan fingerprint density at radius 2 is 1.95 bits per heavy atom. The van der Waals surface area contributed by atoms with E-state index in [0.29, 0.717) is 6.54 Å². The Bertz CT molecular complexity index is 773. The summed E-state index contributed by atoms with van der Waals surface area (Å²) >= 11 is 3.41. The van der Waals surface area contributed by atoms with Crippen molar-refractivity contribution in [2.75, 3.05) is 5.32 Å². The van der Waals surface area contributed by atoms with E-state index in [1.54, 1.807) is 12.4 Å². The fourth-order valence-electron chi connectivity index (χ4n) is 2.21. The molecule has 2 heterocycles. The molecule has 0 spiro atoms. The highest BCUT2D eigenvalue weighted by atomic mass is 79.9. The molecule has 0 unspecified atom stereocenters. The Morgan fingerprint density at radius 1 is 1.10 bits per heavy atom. The Labute approximate surface area is 131 Å². The van der Waals surface area contributed by atoms with Crippen molar-refractivity contribution in [3.05, 3.63) is 64.4 Å². The van der Waals surface area contributed by atoms with E-state index >= 15 is 0 Å². The number of halogens is 1. The van der Waals surface area contributed by atoms with Crippen LogP contribution in [-0.2, 0) is 13.1 Å². The molecular weight excluding hydrogens is 328 g/mol. The van der Waals surface area contributed by atoms with Gasteiger partial charge in [-0.2, -0.15) is 0 Å². The van der Waals surface area contributed by atoms with Gasteiger partial charge in [-0.15, -0.1) is 0 Å². The van der Waals surface area contributed by atoms with Crippen LogP contribution < -0.4 is 11.1 Å². The van der Waals surface area contributed by atoms with Gasteiger partial charge in [0.2, 0.25) is 0 Å². The Balaban J connectivity index is 1.84. The molecule has 0 atom stereocenters. The van der Waals surface area contributed by atoms with E-state index in [1.165, 1.54) is 5.56 Å². The van der Waals surface area contributed by atoms with Crippen molar-refractivity contribution < 1.29 is 0 Å². The fourth-order valence-corrected chi connectivity index (χ4v) is 2.53. The number of anilines is 1. The lowest BCUT2D eigenvalue weighted by Crippen LogP contribution is -2.03. The van der Waals surface area contributed by atoms with Gasteiger partial charge < -0.3 is 11.1 Å². The predicted molar refractivity (Wildman–Crippen MR) is 88.9 cm³/mol. The number of rotatable bonds is 4. The van der Waals surface area contributed by atoms with Crippen LogP contribution in [0.4, 0.5) is 5.69 Å². The van der Waals surface area contributed by atoms with Crippen LogP contribution in [0.5, 0.6) is 0 Å². The largest absolute Gasteiger partial charge is 0.379 e. The summed E-state index contributed by atoms with van der Waals surface area (Å²) in [5, 5.41) is 3.42. The maximum absolute atomic E-state index is 5.67. The quantitative estimate of drug-likeness (QED) is 0.761. The average Bonchev–Trinajstić information content (AvgIpc) is 2.52. The zero-order chi connectivity index (χ0) is 14.7. The Kier molecular flexibility index (Phi) is 4.13. The SMILES string of the molecule is NCc1cccc(CNc2ccnc3cc(Br)cnc23)c1. The van der Waals surface area contributed by atoms with Crippen LogP contribution in [0.25, 0.3) is 11.0 Å². The summed E-state index contributed by atoms with van der Waals surface area (Å²) in [6.45, 7) is 1.28. The van der Waals surface area contributed by atoms with Crippen LogP contribution in [0.1, 0.15) is 11.1 Å². The number of nitrogens with one attached hydrogen (secondary N) is 1. The van der Waals surface area contributed by atoms with Crippen molar-refractivity contribution in [1.29, 1.82) is 0 Å². The summed E-state index contributed by atoms with van der Waals surface area (Å²) in [5.41, 5.74) is 10.7. The fraction of sp³-hybridized carbons (Fsp3) is 0.125. The number of benzene rings is 1. The highest BCUT2D eigenvalue weighted by Gasteiger charge is 2.04. The molecule has 0 aliphatic rings. The summed E-state index contributed by atoms with van der Waals surface area (Å²) in [6.07, 6.45) is 3.57. The first-order chi connectivity index (χ1) is 10.3. The highest BCUT2D eigenvalue weighted by Crippen LogP contribution is 2.22. The van der Waals surface area contributed by atoms with Crippen LogP contribution in [0.15, 0.2) is 53.3 Å². The van der Waals surface area contributed by atoms with Crippen molar-refractivity contribution in [2.24, 2.45) is 5.73 Å². The summed E-state index contributed by atoms with van der Waals surface area (Å²) in [6, 6.07) is 12.2. The molecule has 0 radical (unpaired) electrons. The van der Waals surface area contributed by atoms with Gasteiger partial charge in [-0.25, -0.2) is 0 Å². The molecule has 5 heteroatoms. The number of hydrogen-bond donors (Lipinski definition) is 2. The molecule has 21 heavy (non-hydrogen) atoms. The third kappa shape index (κ3) is 3.20. The van der Waals surface area contributed by atoms with Crippen molar-refractivity contribution in [2.45, 2.75) is 13.1 Å². The molecule has 3 N–H and O–H groups in total. The van der Waals surface area contributed by atoms with Gasteiger partial charge in [0.1, 0.15) is 5.52 Å². The van der Waals surface area contributed by atoms with Gasteiger partial charge in [-0.1, -0.05) is 24.3 Å². The van der Waals surface area contributed by atoms with Crippen LogP contribution in [-0.4, -0.2) is 9.97 Å². The lowest BCUT2D eigenvalue weighted by molar-refractivity contribution is 1.05. The van der Waals surface area contributed by atoms with Crippen LogP contribution in [0.2, 0.25) is 0 Å². The molecule has 1 aromatic carbocycles. The molecule has 106 valence electrons. The molecule has 3 aromatic rings. The third-order valence-electron chi connectivity index (χ3n) is 3.25. The van der Waals surface area contributed by atoms with Crippen molar-refractivity contribution >= 4 is 32.7 Å². The van der Waals surface area contributed by atoms with Crippen molar-refractivity contribution in [3.63, 3.8) is 0 Å². The van der Waals surface area contributed by atoms with E-state index in [2.05, 4.69) is 43.3 Å². The van der Waals surface area contributed by atoms with Gasteiger partial charge in [-0.3, -0.25) is 9.97 Å². The first-order valence-corrected chi connectivity index (χ1v) is 7.47. The Hall–Kier alpha value is -1.98. The number of hydrogen-bond acceptors (Lipinski definition) is 4. The molecule has 0 aliphatic carbocycles. The number of fused-ring (bicyclic) bond motifs is 1. The molecule has 3 rings (SSSR count). The van der Waals surface area contributed by atoms with Crippen molar-refractivity contribution in [1.82, 2.24) is 9.97 Å². The molecule has 2 aromatic heterocycles. The second kappa shape index (κ2) is 6.20. The Morgan fingerprint density at radius 3 is 2.81 bits per heavy atom. The maximum atomic E-state index is 5.67. The minimum atomic E-state index is 0.557. The first-order valence-electron chi connectivity index (χ1n) is 6.68. The molecule has 4 nitrogen and oxygen atoms in total. The lowest BCUT2D eigenvalue weighted by atomic mass is 10.1. The summed E-state index contributed by atoms with van der Waals surface area (Å²) in [7, 11) is 0. The van der Waals surface area contributed by atoms with Gasteiger partial charge in [0.15, 0.2) is 0 Å². The van der Waals surface area contributed by atoms with Gasteiger partial charge in [0.05, 0.1) is 11.2 Å². The topological polar surface area (TPSA) is 63.8 Å². The first kappa shape index (κ1) is 14.0. The summed E-state index contributed by atoms with van der Waals surface area (Å²) < 4.78 is 0.926. The van der Waals surface area contributed by atoms with Crippen LogP contribution in [0, 0.1) is 0 Å². The van der Waals surface area contributed by atoms with Gasteiger partial charge >= 0.3 is 0 Å². The van der Waals surface area contributed by atoms with Gasteiger partial charge in [0.25, 0.3) is 0 Å². The van der Waals surface area contributed by atoms with E-state index in [-0.39, 0.29) is 0 Å². The molecular formula is C16H15BrN4. The van der Waals surface area contributed by atoms with E-state index in [9.17, 15) is 0 Å². The normalized spacial score (nSPS) is 10.8. The zero-order valence-corrected chi connectivity index (χ0v) is 13.0. The molecule has 0 saturated carbocycles. The molecule has 0 bridgehead atoms. The van der Waals surface area contributed by atoms with Crippen LogP contribution in [0.3, 0.4) is 0 Å². The number of nitrogens with zero attached hydrogens (tertiary/aromatic N) is 2. The summed E-state index contributed by atoms with van der Waals surface area (Å²) in [4.78, 5) is 8.77. The zero-order valence-electron chi connectivity index (χ0n) is 11.4. The standard InChI is InChI=1S/C16H15BrN4/c17-13-7-15-16(21-10-13)14(4-5-19-15)20-9-12-3-1-2-11(6-12)8-18/h1-7,10H,8-9,18H2,(H,19,20). The van der Waals surface area contributed by atoms with E-state index in [4.69, 9.17) is 5.73 Å². The molecule has 0 aliphatic heterocycles. The summed E-state index contributed by atoms with van der Waals surface area (Å²) in [5.74, 6) is 0. The highest BCUT2D eigenvalue weighted by molar-refractivity contribution is 9.10. The van der Waals surface area contributed by atoms with Crippen molar-refractivity contribution in [3.8, 4) is 0 Å².